The van der Waals surface area contributed by atoms with Gasteiger partial charge in [0, 0.05) is 10.0 Å². The number of nitrogens with two attached hydrogens (primary N) is 1. The van der Waals surface area contributed by atoms with E-state index in [1.807, 2.05) is 0 Å². The van der Waals surface area contributed by atoms with Crippen molar-refractivity contribution in [3.05, 3.63) is 68.9 Å². The van der Waals surface area contributed by atoms with Crippen LogP contribution in [-0.4, -0.2) is 0 Å². The van der Waals surface area contributed by atoms with Crippen LogP contribution in [0.2, 0.25) is 0 Å². The van der Waals surface area contributed by atoms with Crippen LogP contribution in [0.4, 0.5) is 13.2 Å². The summed E-state index contributed by atoms with van der Waals surface area (Å²) in [4.78, 5) is 0. The van der Waals surface area contributed by atoms with Crippen molar-refractivity contribution in [2.45, 2.75) is 13.0 Å². The van der Waals surface area contributed by atoms with Gasteiger partial charge in [-0.05, 0) is 42.3 Å². The van der Waals surface area contributed by atoms with Crippen molar-refractivity contribution in [1.82, 2.24) is 5.43 Å². The van der Waals surface area contributed by atoms with E-state index >= 15 is 0 Å². The molecule has 2 rings (SSSR count). The van der Waals surface area contributed by atoms with Crippen molar-refractivity contribution in [3.8, 4) is 0 Å². The van der Waals surface area contributed by atoms with Crippen LogP contribution in [-0.2, 0) is 0 Å². The molecule has 0 saturated heterocycles. The number of rotatable bonds is 3. The highest BCUT2D eigenvalue weighted by Crippen LogP contribution is 2.29. The topological polar surface area (TPSA) is 38.0 Å². The van der Waals surface area contributed by atoms with Crippen LogP contribution in [0.1, 0.15) is 22.7 Å². The molecule has 1 atom stereocenters. The van der Waals surface area contributed by atoms with E-state index in [-0.39, 0.29) is 10.0 Å². The molecule has 2 nitrogen and oxygen atoms in total. The van der Waals surface area contributed by atoms with E-state index in [1.165, 1.54) is 12.1 Å². The largest absolute Gasteiger partial charge is 0.271 e. The van der Waals surface area contributed by atoms with Crippen LogP contribution < -0.4 is 11.3 Å². The molecule has 2 aromatic rings. The number of aryl methyl sites for hydroxylation is 1. The van der Waals surface area contributed by atoms with Gasteiger partial charge in [0.1, 0.15) is 17.5 Å². The van der Waals surface area contributed by atoms with Gasteiger partial charge in [-0.25, -0.2) is 18.6 Å². The molecule has 0 amide bonds. The second kappa shape index (κ2) is 5.95. The Balaban J connectivity index is 2.58. The van der Waals surface area contributed by atoms with Gasteiger partial charge < -0.3 is 0 Å². The Morgan fingerprint density at radius 3 is 2.15 bits per heavy atom. The Morgan fingerprint density at radius 2 is 1.65 bits per heavy atom. The summed E-state index contributed by atoms with van der Waals surface area (Å²) in [7, 11) is 0. The average Bonchev–Trinajstić information content (AvgIpc) is 2.32. The second-order valence-corrected chi connectivity index (χ2v) is 5.36. The second-order valence-electron chi connectivity index (χ2n) is 4.44. The molecule has 6 heteroatoms. The molecule has 2 aromatic carbocycles. The number of nitrogens with one attached hydrogen (secondary N) is 1. The molecule has 0 radical (unpaired) electrons. The maximum Gasteiger partial charge on any atom is 0.132 e. The minimum absolute atomic E-state index is 0.249. The van der Waals surface area contributed by atoms with Gasteiger partial charge in [-0.2, -0.15) is 0 Å². The third kappa shape index (κ3) is 3.03. The molecule has 0 fully saturated rings. The maximum absolute atomic E-state index is 14.0. The van der Waals surface area contributed by atoms with E-state index in [1.54, 1.807) is 13.0 Å². The van der Waals surface area contributed by atoms with Gasteiger partial charge in [-0.1, -0.05) is 22.0 Å². The quantitative estimate of drug-likeness (QED) is 0.657. The number of hydrogen-bond donors (Lipinski definition) is 2. The molecule has 0 spiro atoms. The fourth-order valence-electron chi connectivity index (χ4n) is 2.11. The van der Waals surface area contributed by atoms with Gasteiger partial charge in [0.25, 0.3) is 0 Å². The highest BCUT2D eigenvalue weighted by molar-refractivity contribution is 9.10. The number of halogens is 4. The van der Waals surface area contributed by atoms with Gasteiger partial charge in [0.05, 0.1) is 6.04 Å². The van der Waals surface area contributed by atoms with Crippen molar-refractivity contribution in [3.63, 3.8) is 0 Å². The SMILES string of the molecule is Cc1cc(F)cc(C(NN)c2c(F)cc(Br)cc2F)c1. The van der Waals surface area contributed by atoms with Crippen LogP contribution in [0.25, 0.3) is 0 Å². The van der Waals surface area contributed by atoms with E-state index < -0.39 is 23.5 Å². The van der Waals surface area contributed by atoms with E-state index in [4.69, 9.17) is 5.84 Å². The average molecular weight is 345 g/mol. The molecule has 0 heterocycles. The molecule has 0 aliphatic carbocycles. The molecular weight excluding hydrogens is 333 g/mol. The van der Waals surface area contributed by atoms with Gasteiger partial charge in [0.2, 0.25) is 0 Å². The molecular formula is C14H12BrF3N2. The molecule has 0 aromatic heterocycles. The molecule has 0 saturated carbocycles. The minimum atomic E-state index is -0.975. The van der Waals surface area contributed by atoms with E-state index in [9.17, 15) is 13.2 Å². The van der Waals surface area contributed by atoms with Gasteiger partial charge in [-0.15, -0.1) is 0 Å². The molecule has 3 N–H and O–H groups in total. The van der Waals surface area contributed by atoms with Gasteiger partial charge in [-0.3, -0.25) is 5.84 Å². The first kappa shape index (κ1) is 15.0. The van der Waals surface area contributed by atoms with Crippen LogP contribution >= 0.6 is 15.9 Å². The van der Waals surface area contributed by atoms with E-state index in [0.717, 1.165) is 12.1 Å². The Bertz CT molecular complexity index is 603. The summed E-state index contributed by atoms with van der Waals surface area (Å²) in [6, 6.07) is 5.43. The van der Waals surface area contributed by atoms with E-state index in [0.29, 0.717) is 11.1 Å². The minimum Gasteiger partial charge on any atom is -0.271 e. The third-order valence-electron chi connectivity index (χ3n) is 2.90. The van der Waals surface area contributed by atoms with Crippen LogP contribution in [0.15, 0.2) is 34.8 Å². The Hall–Kier alpha value is -1.37. The summed E-state index contributed by atoms with van der Waals surface area (Å²) in [5.74, 6) is 3.38. The number of hydrazine groups is 1. The molecule has 106 valence electrons. The Morgan fingerprint density at radius 1 is 1.05 bits per heavy atom. The first-order valence-corrected chi connectivity index (χ1v) is 6.59. The lowest BCUT2D eigenvalue weighted by molar-refractivity contribution is 0.507. The fourth-order valence-corrected chi connectivity index (χ4v) is 2.51. The number of hydrogen-bond acceptors (Lipinski definition) is 2. The van der Waals surface area contributed by atoms with Crippen molar-refractivity contribution in [1.29, 1.82) is 0 Å². The monoisotopic (exact) mass is 344 g/mol. The Labute approximate surface area is 122 Å². The lowest BCUT2D eigenvalue weighted by Crippen LogP contribution is -2.30. The van der Waals surface area contributed by atoms with Crippen molar-refractivity contribution in [2.24, 2.45) is 5.84 Å². The lowest BCUT2D eigenvalue weighted by Gasteiger charge is -2.19. The fraction of sp³-hybridized carbons (Fsp3) is 0.143. The van der Waals surface area contributed by atoms with Crippen molar-refractivity contribution in [2.75, 3.05) is 0 Å². The summed E-state index contributed by atoms with van der Waals surface area (Å²) in [5, 5.41) is 0. The molecule has 1 unspecified atom stereocenters. The van der Waals surface area contributed by atoms with Gasteiger partial charge in [0.15, 0.2) is 0 Å². The number of benzene rings is 2. The highest BCUT2D eigenvalue weighted by atomic mass is 79.9. The summed E-state index contributed by atoms with van der Waals surface area (Å²) in [6.07, 6.45) is 0. The summed E-state index contributed by atoms with van der Waals surface area (Å²) < 4.78 is 41.7. The highest BCUT2D eigenvalue weighted by Gasteiger charge is 2.22. The Kier molecular flexibility index (Phi) is 4.47. The zero-order valence-electron chi connectivity index (χ0n) is 10.6. The molecule has 0 aliphatic heterocycles. The van der Waals surface area contributed by atoms with Crippen LogP contribution in [0, 0.1) is 24.4 Å². The van der Waals surface area contributed by atoms with Crippen molar-refractivity contribution >= 4 is 15.9 Å². The third-order valence-corrected chi connectivity index (χ3v) is 3.35. The molecule has 0 bridgehead atoms. The zero-order valence-corrected chi connectivity index (χ0v) is 12.1. The van der Waals surface area contributed by atoms with Crippen LogP contribution in [0.5, 0.6) is 0 Å². The van der Waals surface area contributed by atoms with Crippen molar-refractivity contribution < 1.29 is 13.2 Å². The first-order valence-electron chi connectivity index (χ1n) is 5.80. The molecule has 0 aliphatic rings. The summed E-state index contributed by atoms with van der Waals surface area (Å²) in [6.45, 7) is 1.69. The zero-order chi connectivity index (χ0) is 14.9. The smallest absolute Gasteiger partial charge is 0.132 e. The van der Waals surface area contributed by atoms with E-state index in [2.05, 4.69) is 21.4 Å². The van der Waals surface area contributed by atoms with Gasteiger partial charge >= 0.3 is 0 Å². The predicted octanol–water partition coefficient (Wildman–Crippen LogP) is 3.73. The normalized spacial score (nSPS) is 12.5. The first-order chi connectivity index (χ1) is 9.42. The molecule has 20 heavy (non-hydrogen) atoms. The van der Waals surface area contributed by atoms with Crippen LogP contribution in [0.3, 0.4) is 0 Å². The standard InChI is InChI=1S/C14H12BrF3N2/c1-7-2-8(4-10(16)3-7)14(20-19)13-11(17)5-9(15)6-12(13)18/h2-6,14,20H,19H2,1H3. The predicted molar refractivity (Wildman–Crippen MR) is 74.4 cm³/mol. The lowest BCUT2D eigenvalue weighted by atomic mass is 9.97. The summed E-state index contributed by atoms with van der Waals surface area (Å²) in [5.41, 5.74) is 3.07. The summed E-state index contributed by atoms with van der Waals surface area (Å²) >= 11 is 3.01. The maximum atomic E-state index is 14.0.